The van der Waals surface area contributed by atoms with Crippen LogP contribution in [0.25, 0.3) is 0 Å². The third-order valence-corrected chi connectivity index (χ3v) is 3.91. The lowest BCUT2D eigenvalue weighted by atomic mass is 10.1. The van der Waals surface area contributed by atoms with Gasteiger partial charge in [-0.15, -0.1) is 10.2 Å². The fourth-order valence-corrected chi connectivity index (χ4v) is 2.46. The van der Waals surface area contributed by atoms with Crippen LogP contribution in [0.3, 0.4) is 0 Å². The highest BCUT2D eigenvalue weighted by Gasteiger charge is 2.17. The first-order valence-corrected chi connectivity index (χ1v) is 7.32. The SMILES string of the molecule is Cc1ccccc1CSc1nnc(C(N)C(C)C)o1. The van der Waals surface area contributed by atoms with Crippen LogP contribution in [0.5, 0.6) is 0 Å². The molecule has 4 nitrogen and oxygen atoms in total. The summed E-state index contributed by atoms with van der Waals surface area (Å²) in [6.45, 7) is 6.17. The van der Waals surface area contributed by atoms with Crippen LogP contribution in [0.1, 0.15) is 36.9 Å². The molecule has 0 spiro atoms. The Morgan fingerprint density at radius 2 is 2.00 bits per heavy atom. The number of hydrogen-bond acceptors (Lipinski definition) is 5. The summed E-state index contributed by atoms with van der Waals surface area (Å²) < 4.78 is 5.58. The van der Waals surface area contributed by atoms with Gasteiger partial charge in [-0.3, -0.25) is 0 Å². The average Bonchev–Trinajstić information content (AvgIpc) is 2.85. The Morgan fingerprint density at radius 1 is 1.26 bits per heavy atom. The fraction of sp³-hybridized carbons (Fsp3) is 0.429. The van der Waals surface area contributed by atoms with Crippen LogP contribution in [0.2, 0.25) is 0 Å². The molecule has 0 amide bonds. The largest absolute Gasteiger partial charge is 0.414 e. The molecule has 2 rings (SSSR count). The van der Waals surface area contributed by atoms with E-state index in [2.05, 4.69) is 29.3 Å². The van der Waals surface area contributed by atoms with Crippen LogP contribution in [0.15, 0.2) is 33.9 Å². The average molecular weight is 277 g/mol. The van der Waals surface area contributed by atoms with Gasteiger partial charge < -0.3 is 10.2 Å². The van der Waals surface area contributed by atoms with Crippen LogP contribution in [0.4, 0.5) is 0 Å². The van der Waals surface area contributed by atoms with Gasteiger partial charge in [0.25, 0.3) is 5.22 Å². The van der Waals surface area contributed by atoms with Crippen molar-refractivity contribution in [1.29, 1.82) is 0 Å². The van der Waals surface area contributed by atoms with Crippen LogP contribution in [-0.2, 0) is 5.75 Å². The number of hydrogen-bond donors (Lipinski definition) is 1. The Kier molecular flexibility index (Phi) is 4.61. The summed E-state index contributed by atoms with van der Waals surface area (Å²) in [4.78, 5) is 0. The highest BCUT2D eigenvalue weighted by molar-refractivity contribution is 7.98. The zero-order valence-electron chi connectivity index (χ0n) is 11.5. The molecule has 1 heterocycles. The summed E-state index contributed by atoms with van der Waals surface area (Å²) in [6.07, 6.45) is 0. The Bertz CT molecular complexity index is 539. The van der Waals surface area contributed by atoms with E-state index in [4.69, 9.17) is 10.2 Å². The number of nitrogens with two attached hydrogens (primary N) is 1. The second-order valence-corrected chi connectivity index (χ2v) is 5.82. The van der Waals surface area contributed by atoms with E-state index in [0.29, 0.717) is 11.1 Å². The van der Waals surface area contributed by atoms with Gasteiger partial charge in [0.05, 0.1) is 6.04 Å². The molecular weight excluding hydrogens is 258 g/mol. The van der Waals surface area contributed by atoms with Gasteiger partial charge in [-0.25, -0.2) is 0 Å². The molecule has 5 heteroatoms. The van der Waals surface area contributed by atoms with Crippen LogP contribution >= 0.6 is 11.8 Å². The quantitative estimate of drug-likeness (QED) is 0.849. The number of aryl methyl sites for hydroxylation is 1. The fourth-order valence-electron chi connectivity index (χ4n) is 1.61. The van der Waals surface area contributed by atoms with E-state index in [1.165, 1.54) is 11.1 Å². The molecule has 0 saturated heterocycles. The highest BCUT2D eigenvalue weighted by atomic mass is 32.2. The summed E-state index contributed by atoms with van der Waals surface area (Å²) in [5.74, 6) is 1.63. The molecule has 0 radical (unpaired) electrons. The summed E-state index contributed by atoms with van der Waals surface area (Å²) in [6, 6.07) is 8.09. The molecule has 19 heavy (non-hydrogen) atoms. The minimum atomic E-state index is -0.194. The van der Waals surface area contributed by atoms with Crippen molar-refractivity contribution in [3.63, 3.8) is 0 Å². The van der Waals surface area contributed by atoms with Crippen LogP contribution in [0, 0.1) is 12.8 Å². The molecular formula is C14H19N3OS. The predicted octanol–water partition coefficient (Wildman–Crippen LogP) is 3.33. The molecule has 0 bridgehead atoms. The van der Waals surface area contributed by atoms with Crippen molar-refractivity contribution in [2.75, 3.05) is 0 Å². The first-order valence-electron chi connectivity index (χ1n) is 6.34. The number of benzene rings is 1. The Morgan fingerprint density at radius 3 is 2.68 bits per heavy atom. The standard InChI is InChI=1S/C14H19N3OS/c1-9(2)12(15)13-16-17-14(18-13)19-8-11-7-5-4-6-10(11)3/h4-7,9,12H,8,15H2,1-3H3. The first-order chi connectivity index (χ1) is 9.08. The predicted molar refractivity (Wildman–Crippen MR) is 76.8 cm³/mol. The number of aromatic nitrogens is 2. The summed E-state index contributed by atoms with van der Waals surface area (Å²) in [5, 5.41) is 8.62. The van der Waals surface area contributed by atoms with Gasteiger partial charge in [-0.1, -0.05) is 49.9 Å². The molecule has 0 aliphatic carbocycles. The van der Waals surface area contributed by atoms with Gasteiger partial charge in [-0.05, 0) is 24.0 Å². The maximum absolute atomic E-state index is 5.98. The second-order valence-electron chi connectivity index (χ2n) is 4.89. The van der Waals surface area contributed by atoms with Crippen molar-refractivity contribution >= 4 is 11.8 Å². The molecule has 2 N–H and O–H groups in total. The lowest BCUT2D eigenvalue weighted by Gasteiger charge is -2.09. The van der Waals surface area contributed by atoms with E-state index in [-0.39, 0.29) is 12.0 Å². The van der Waals surface area contributed by atoms with E-state index in [0.717, 1.165) is 5.75 Å². The topological polar surface area (TPSA) is 64.9 Å². The number of thioether (sulfide) groups is 1. The molecule has 0 aliphatic heterocycles. The van der Waals surface area contributed by atoms with Gasteiger partial charge >= 0.3 is 0 Å². The number of rotatable bonds is 5. The van der Waals surface area contributed by atoms with E-state index in [1.807, 2.05) is 26.0 Å². The maximum atomic E-state index is 5.98. The van der Waals surface area contributed by atoms with Crippen molar-refractivity contribution in [3.8, 4) is 0 Å². The molecule has 0 fully saturated rings. The van der Waals surface area contributed by atoms with Crippen molar-refractivity contribution < 1.29 is 4.42 Å². The lowest BCUT2D eigenvalue weighted by Crippen LogP contribution is -2.16. The minimum Gasteiger partial charge on any atom is -0.414 e. The maximum Gasteiger partial charge on any atom is 0.276 e. The third-order valence-electron chi connectivity index (χ3n) is 3.04. The zero-order chi connectivity index (χ0) is 13.8. The summed E-state index contributed by atoms with van der Waals surface area (Å²) >= 11 is 1.54. The Labute approximate surface area is 117 Å². The summed E-state index contributed by atoms with van der Waals surface area (Å²) in [5.41, 5.74) is 8.53. The molecule has 0 aliphatic rings. The van der Waals surface area contributed by atoms with E-state index in [1.54, 1.807) is 11.8 Å². The normalized spacial score (nSPS) is 12.9. The smallest absolute Gasteiger partial charge is 0.276 e. The second kappa shape index (κ2) is 6.21. The summed E-state index contributed by atoms with van der Waals surface area (Å²) in [7, 11) is 0. The van der Waals surface area contributed by atoms with Crippen molar-refractivity contribution in [3.05, 3.63) is 41.3 Å². The van der Waals surface area contributed by atoms with Gasteiger partial charge in [0, 0.05) is 5.75 Å². The Balaban J connectivity index is 1.99. The first kappa shape index (κ1) is 14.1. The lowest BCUT2D eigenvalue weighted by molar-refractivity contribution is 0.349. The minimum absolute atomic E-state index is 0.194. The van der Waals surface area contributed by atoms with E-state index < -0.39 is 0 Å². The van der Waals surface area contributed by atoms with Gasteiger partial charge in [0.1, 0.15) is 0 Å². The molecule has 1 aromatic heterocycles. The molecule has 1 unspecified atom stereocenters. The molecule has 0 saturated carbocycles. The van der Waals surface area contributed by atoms with Crippen molar-refractivity contribution in [2.24, 2.45) is 11.7 Å². The van der Waals surface area contributed by atoms with E-state index >= 15 is 0 Å². The molecule has 102 valence electrons. The molecule has 1 aromatic carbocycles. The van der Waals surface area contributed by atoms with E-state index in [9.17, 15) is 0 Å². The van der Waals surface area contributed by atoms with Crippen LogP contribution < -0.4 is 5.73 Å². The van der Waals surface area contributed by atoms with Crippen molar-refractivity contribution in [2.45, 2.75) is 37.8 Å². The Hall–Kier alpha value is -1.33. The van der Waals surface area contributed by atoms with Gasteiger partial charge in [0.2, 0.25) is 5.89 Å². The third kappa shape index (κ3) is 3.58. The highest BCUT2D eigenvalue weighted by Crippen LogP contribution is 2.25. The monoisotopic (exact) mass is 277 g/mol. The molecule has 2 aromatic rings. The van der Waals surface area contributed by atoms with Gasteiger partial charge in [-0.2, -0.15) is 0 Å². The van der Waals surface area contributed by atoms with Crippen LogP contribution in [-0.4, -0.2) is 10.2 Å². The zero-order valence-corrected chi connectivity index (χ0v) is 12.3. The molecule has 1 atom stereocenters. The van der Waals surface area contributed by atoms with Gasteiger partial charge in [0.15, 0.2) is 0 Å². The number of nitrogens with zero attached hydrogens (tertiary/aromatic N) is 2. The van der Waals surface area contributed by atoms with Crippen molar-refractivity contribution in [1.82, 2.24) is 10.2 Å².